The average Bonchev–Trinajstić information content (AvgIpc) is 2.63. The van der Waals surface area contributed by atoms with Crippen molar-refractivity contribution in [2.45, 2.75) is 38.5 Å². The average molecular weight is 397 g/mol. The maximum absolute atomic E-state index is 12.8. The van der Waals surface area contributed by atoms with Gasteiger partial charge in [0.25, 0.3) is 5.91 Å². The van der Waals surface area contributed by atoms with Gasteiger partial charge in [-0.05, 0) is 48.9 Å². The second-order valence-corrected chi connectivity index (χ2v) is 9.16. The highest BCUT2D eigenvalue weighted by molar-refractivity contribution is 7.89. The Morgan fingerprint density at radius 3 is 2.30 bits per heavy atom. The largest absolute Gasteiger partial charge is 0.452 e. The summed E-state index contributed by atoms with van der Waals surface area (Å²) in [6.07, 6.45) is 1.81. The van der Waals surface area contributed by atoms with Gasteiger partial charge in [-0.1, -0.05) is 20.8 Å². The van der Waals surface area contributed by atoms with Crippen LogP contribution in [0.4, 0.5) is 0 Å². The second-order valence-electron chi connectivity index (χ2n) is 7.22. The van der Waals surface area contributed by atoms with Crippen LogP contribution in [0.15, 0.2) is 29.2 Å². The molecule has 1 aliphatic heterocycles. The van der Waals surface area contributed by atoms with Crippen LogP contribution in [0.1, 0.15) is 44.0 Å². The van der Waals surface area contributed by atoms with Crippen LogP contribution in [0.3, 0.4) is 0 Å². The zero-order chi connectivity index (χ0) is 20.0. The highest BCUT2D eigenvalue weighted by atomic mass is 32.2. The number of nitrogens with one attached hydrogen (secondary N) is 1. The van der Waals surface area contributed by atoms with E-state index in [2.05, 4.69) is 5.32 Å². The van der Waals surface area contributed by atoms with Gasteiger partial charge < -0.3 is 10.1 Å². The molecule has 8 heteroatoms. The molecule has 0 saturated carbocycles. The number of piperidine rings is 1. The van der Waals surface area contributed by atoms with Crippen LogP contribution in [0.25, 0.3) is 0 Å². The standard InChI is InChI=1S/C19H28N2O5S/c1-4-9-20-18(22)13-26-19(23)16-5-7-17(8-6-16)27(24,25)21-11-14(2)10-15(3)12-21/h5-8,14-15H,4,9-13H2,1-3H3,(H,20,22)/t14-,15+. The van der Waals surface area contributed by atoms with Gasteiger partial charge in [0.1, 0.15) is 0 Å². The Balaban J connectivity index is 2.01. The molecule has 0 unspecified atom stereocenters. The quantitative estimate of drug-likeness (QED) is 0.712. The summed E-state index contributed by atoms with van der Waals surface area (Å²) in [4.78, 5) is 23.6. The zero-order valence-corrected chi connectivity index (χ0v) is 16.9. The Hall–Kier alpha value is -1.93. The highest BCUT2D eigenvalue weighted by Crippen LogP contribution is 2.26. The van der Waals surface area contributed by atoms with E-state index in [4.69, 9.17) is 4.74 Å². The van der Waals surface area contributed by atoms with Crippen LogP contribution < -0.4 is 5.32 Å². The maximum atomic E-state index is 12.8. The second kappa shape index (κ2) is 9.32. The Bertz CT molecular complexity index is 751. The lowest BCUT2D eigenvalue weighted by atomic mass is 9.94. The van der Waals surface area contributed by atoms with E-state index < -0.39 is 16.0 Å². The van der Waals surface area contributed by atoms with Crippen molar-refractivity contribution in [3.63, 3.8) is 0 Å². The monoisotopic (exact) mass is 396 g/mol. The zero-order valence-electron chi connectivity index (χ0n) is 16.1. The van der Waals surface area contributed by atoms with E-state index in [0.717, 1.165) is 12.8 Å². The number of sulfonamides is 1. The first-order valence-corrected chi connectivity index (χ1v) is 10.7. The molecule has 2 rings (SSSR count). The topological polar surface area (TPSA) is 92.8 Å². The van der Waals surface area contributed by atoms with Gasteiger partial charge in [0.05, 0.1) is 10.5 Å². The molecule has 2 atom stereocenters. The van der Waals surface area contributed by atoms with E-state index in [1.54, 1.807) is 0 Å². The number of hydrogen-bond donors (Lipinski definition) is 1. The summed E-state index contributed by atoms with van der Waals surface area (Å²) >= 11 is 0. The van der Waals surface area contributed by atoms with Crippen LogP contribution in [0, 0.1) is 11.8 Å². The van der Waals surface area contributed by atoms with E-state index >= 15 is 0 Å². The minimum absolute atomic E-state index is 0.154. The summed E-state index contributed by atoms with van der Waals surface area (Å²) in [7, 11) is -3.59. The van der Waals surface area contributed by atoms with Crippen molar-refractivity contribution in [1.29, 1.82) is 0 Å². The van der Waals surface area contributed by atoms with Crippen molar-refractivity contribution >= 4 is 21.9 Å². The van der Waals surface area contributed by atoms with E-state index in [1.165, 1.54) is 28.6 Å². The number of ether oxygens (including phenoxy) is 1. The fraction of sp³-hybridized carbons (Fsp3) is 0.579. The third-order valence-corrected chi connectivity index (χ3v) is 6.32. The first-order valence-electron chi connectivity index (χ1n) is 9.28. The van der Waals surface area contributed by atoms with E-state index in [0.29, 0.717) is 31.5 Å². The van der Waals surface area contributed by atoms with E-state index in [-0.39, 0.29) is 23.0 Å². The van der Waals surface area contributed by atoms with Gasteiger partial charge in [0, 0.05) is 19.6 Å². The summed E-state index contributed by atoms with van der Waals surface area (Å²) in [5, 5.41) is 2.61. The van der Waals surface area contributed by atoms with Crippen molar-refractivity contribution in [3.05, 3.63) is 29.8 Å². The van der Waals surface area contributed by atoms with Gasteiger partial charge in [-0.15, -0.1) is 0 Å². The molecule has 1 N–H and O–H groups in total. The Labute approximate surface area is 161 Å². The molecule has 7 nitrogen and oxygen atoms in total. The SMILES string of the molecule is CCCNC(=O)COC(=O)c1ccc(S(=O)(=O)N2C[C@H](C)C[C@H](C)C2)cc1. The molecule has 1 aliphatic rings. The molecule has 0 aromatic heterocycles. The van der Waals surface area contributed by atoms with Crippen LogP contribution in [0.5, 0.6) is 0 Å². The van der Waals surface area contributed by atoms with Crippen molar-refractivity contribution in [2.75, 3.05) is 26.2 Å². The number of rotatable bonds is 7. The molecule has 1 heterocycles. The lowest BCUT2D eigenvalue weighted by molar-refractivity contribution is -0.124. The molecule has 0 spiro atoms. The van der Waals surface area contributed by atoms with E-state index in [9.17, 15) is 18.0 Å². The molecular formula is C19H28N2O5S. The normalized spacial score (nSPS) is 20.9. The van der Waals surface area contributed by atoms with Crippen molar-refractivity contribution in [3.8, 4) is 0 Å². The van der Waals surface area contributed by atoms with Gasteiger partial charge in [-0.2, -0.15) is 4.31 Å². The summed E-state index contributed by atoms with van der Waals surface area (Å²) < 4.78 is 32.1. The molecule has 27 heavy (non-hydrogen) atoms. The first kappa shape index (κ1) is 21.4. The van der Waals surface area contributed by atoms with Crippen molar-refractivity contribution in [1.82, 2.24) is 9.62 Å². The Morgan fingerprint density at radius 1 is 1.15 bits per heavy atom. The molecule has 150 valence electrons. The third kappa shape index (κ3) is 5.77. The smallest absolute Gasteiger partial charge is 0.338 e. The molecule has 1 aromatic rings. The van der Waals surface area contributed by atoms with Crippen LogP contribution in [-0.4, -0.2) is 50.8 Å². The van der Waals surface area contributed by atoms with Crippen molar-refractivity contribution < 1.29 is 22.7 Å². The fourth-order valence-corrected chi connectivity index (χ4v) is 4.92. The first-order chi connectivity index (χ1) is 12.7. The van der Waals surface area contributed by atoms with Gasteiger partial charge >= 0.3 is 5.97 Å². The predicted molar refractivity (Wildman–Crippen MR) is 102 cm³/mol. The number of nitrogens with zero attached hydrogens (tertiary/aromatic N) is 1. The highest BCUT2D eigenvalue weighted by Gasteiger charge is 2.31. The number of hydrogen-bond acceptors (Lipinski definition) is 5. The number of amides is 1. The summed E-state index contributed by atoms with van der Waals surface area (Å²) in [5.41, 5.74) is 0.206. The minimum atomic E-state index is -3.59. The predicted octanol–water partition coefficient (Wildman–Crippen LogP) is 2.04. The summed E-state index contributed by atoms with van der Waals surface area (Å²) in [5.74, 6) is -0.392. The lowest BCUT2D eigenvalue weighted by Crippen LogP contribution is -2.42. The molecule has 1 fully saturated rings. The van der Waals surface area contributed by atoms with Gasteiger partial charge in [0.15, 0.2) is 6.61 Å². The molecule has 0 aliphatic carbocycles. The third-order valence-electron chi connectivity index (χ3n) is 4.47. The Morgan fingerprint density at radius 2 is 1.74 bits per heavy atom. The molecule has 0 radical (unpaired) electrons. The number of carbonyl (C=O) groups is 2. The summed E-state index contributed by atoms with van der Waals surface area (Å²) in [6, 6.07) is 5.64. The van der Waals surface area contributed by atoms with Crippen LogP contribution >= 0.6 is 0 Å². The Kier molecular flexibility index (Phi) is 7.38. The van der Waals surface area contributed by atoms with Gasteiger partial charge in [-0.3, -0.25) is 4.79 Å². The number of esters is 1. The number of benzene rings is 1. The van der Waals surface area contributed by atoms with Gasteiger partial charge in [0.2, 0.25) is 10.0 Å². The fourth-order valence-electron chi connectivity index (χ4n) is 3.24. The minimum Gasteiger partial charge on any atom is -0.452 e. The molecule has 1 amide bonds. The molecule has 0 bridgehead atoms. The van der Waals surface area contributed by atoms with Crippen LogP contribution in [0.2, 0.25) is 0 Å². The molecule has 1 saturated heterocycles. The molecule has 1 aromatic carbocycles. The molecular weight excluding hydrogens is 368 g/mol. The maximum Gasteiger partial charge on any atom is 0.338 e. The lowest BCUT2D eigenvalue weighted by Gasteiger charge is -2.34. The van der Waals surface area contributed by atoms with Crippen LogP contribution in [-0.2, 0) is 19.6 Å². The van der Waals surface area contributed by atoms with Gasteiger partial charge in [-0.25, -0.2) is 13.2 Å². The summed E-state index contributed by atoms with van der Waals surface area (Å²) in [6.45, 7) is 7.20. The number of carbonyl (C=O) groups excluding carboxylic acids is 2. The van der Waals surface area contributed by atoms with Crippen molar-refractivity contribution in [2.24, 2.45) is 11.8 Å². The van der Waals surface area contributed by atoms with E-state index in [1.807, 2.05) is 20.8 Å².